The van der Waals surface area contributed by atoms with Crippen molar-refractivity contribution in [1.29, 1.82) is 0 Å². The standard InChI is InChI=1S/C19H26N2O/c1-4-14(2)18(20)19(22)21(3)13-12-16-10-7-9-15-8-5-6-11-17(15)16/h5-11,14,18H,4,12-13,20H2,1-3H3. The van der Waals surface area contributed by atoms with E-state index in [1.807, 2.05) is 20.0 Å². The molecule has 0 spiro atoms. The first kappa shape index (κ1) is 16.5. The van der Waals surface area contributed by atoms with Gasteiger partial charge in [-0.25, -0.2) is 0 Å². The van der Waals surface area contributed by atoms with Crippen LogP contribution >= 0.6 is 0 Å². The number of carbonyl (C=O) groups excluding carboxylic acids is 1. The molecule has 2 aromatic rings. The Labute approximate surface area is 133 Å². The van der Waals surface area contributed by atoms with E-state index in [4.69, 9.17) is 5.73 Å². The highest BCUT2D eigenvalue weighted by molar-refractivity contribution is 5.86. The first-order valence-electron chi connectivity index (χ1n) is 8.01. The van der Waals surface area contributed by atoms with Crippen LogP contribution in [0.15, 0.2) is 42.5 Å². The molecule has 0 aliphatic heterocycles. The Kier molecular flexibility index (Phi) is 5.56. The fourth-order valence-corrected chi connectivity index (χ4v) is 2.66. The molecule has 1 amide bonds. The summed E-state index contributed by atoms with van der Waals surface area (Å²) in [6.45, 7) is 4.78. The molecule has 0 radical (unpaired) electrons. The normalized spacial score (nSPS) is 13.8. The van der Waals surface area contributed by atoms with Crippen molar-refractivity contribution >= 4 is 16.7 Å². The quantitative estimate of drug-likeness (QED) is 0.890. The monoisotopic (exact) mass is 298 g/mol. The van der Waals surface area contributed by atoms with Crippen LogP contribution in [0.3, 0.4) is 0 Å². The maximum atomic E-state index is 12.3. The van der Waals surface area contributed by atoms with Gasteiger partial charge in [0.2, 0.25) is 5.91 Å². The van der Waals surface area contributed by atoms with Gasteiger partial charge in [0.15, 0.2) is 0 Å². The molecule has 0 saturated heterocycles. The van der Waals surface area contributed by atoms with E-state index in [2.05, 4.69) is 43.3 Å². The minimum absolute atomic E-state index is 0.0367. The van der Waals surface area contributed by atoms with Crippen molar-refractivity contribution in [1.82, 2.24) is 4.90 Å². The number of nitrogens with two attached hydrogens (primary N) is 1. The molecule has 3 heteroatoms. The summed E-state index contributed by atoms with van der Waals surface area (Å²) in [6, 6.07) is 14.3. The highest BCUT2D eigenvalue weighted by atomic mass is 16.2. The molecule has 22 heavy (non-hydrogen) atoms. The minimum atomic E-state index is -0.400. The van der Waals surface area contributed by atoms with Gasteiger partial charge in [0.25, 0.3) is 0 Å². The predicted octanol–water partition coefficient (Wildman–Crippen LogP) is 3.21. The van der Waals surface area contributed by atoms with Gasteiger partial charge < -0.3 is 10.6 Å². The van der Waals surface area contributed by atoms with Gasteiger partial charge >= 0.3 is 0 Å². The lowest BCUT2D eigenvalue weighted by molar-refractivity contribution is -0.132. The summed E-state index contributed by atoms with van der Waals surface area (Å²) in [4.78, 5) is 14.1. The van der Waals surface area contributed by atoms with E-state index in [0.29, 0.717) is 6.54 Å². The average molecular weight is 298 g/mol. The third-order valence-electron chi connectivity index (χ3n) is 4.51. The van der Waals surface area contributed by atoms with E-state index in [9.17, 15) is 4.79 Å². The van der Waals surface area contributed by atoms with Crippen LogP contribution in [0.4, 0.5) is 0 Å². The second-order valence-electron chi connectivity index (χ2n) is 6.06. The smallest absolute Gasteiger partial charge is 0.239 e. The van der Waals surface area contributed by atoms with E-state index in [1.165, 1.54) is 16.3 Å². The van der Waals surface area contributed by atoms with Crippen LogP contribution in [0, 0.1) is 5.92 Å². The van der Waals surface area contributed by atoms with Crippen LogP contribution in [-0.4, -0.2) is 30.4 Å². The average Bonchev–Trinajstić information content (AvgIpc) is 2.57. The molecular weight excluding hydrogens is 272 g/mol. The van der Waals surface area contributed by atoms with Gasteiger partial charge in [-0.1, -0.05) is 62.7 Å². The largest absolute Gasteiger partial charge is 0.344 e. The van der Waals surface area contributed by atoms with Crippen molar-refractivity contribution in [2.24, 2.45) is 11.7 Å². The van der Waals surface area contributed by atoms with E-state index in [0.717, 1.165) is 12.8 Å². The summed E-state index contributed by atoms with van der Waals surface area (Å²) in [7, 11) is 1.84. The molecule has 0 saturated carbocycles. The molecular formula is C19H26N2O. The summed E-state index contributed by atoms with van der Waals surface area (Å²) in [6.07, 6.45) is 1.76. The first-order chi connectivity index (χ1) is 10.5. The van der Waals surface area contributed by atoms with Crippen molar-refractivity contribution in [3.05, 3.63) is 48.0 Å². The Morgan fingerprint density at radius 2 is 1.86 bits per heavy atom. The molecule has 0 heterocycles. The lowest BCUT2D eigenvalue weighted by Crippen LogP contribution is -2.46. The molecule has 0 aliphatic carbocycles. The molecule has 2 atom stereocenters. The minimum Gasteiger partial charge on any atom is -0.344 e. The number of carbonyl (C=O) groups is 1. The first-order valence-corrected chi connectivity index (χ1v) is 8.01. The van der Waals surface area contributed by atoms with Gasteiger partial charge in [-0.3, -0.25) is 4.79 Å². The van der Waals surface area contributed by atoms with Crippen molar-refractivity contribution in [2.75, 3.05) is 13.6 Å². The van der Waals surface area contributed by atoms with Crippen molar-refractivity contribution in [2.45, 2.75) is 32.7 Å². The molecule has 0 bridgehead atoms. The number of amides is 1. The van der Waals surface area contributed by atoms with E-state index in [1.54, 1.807) is 4.90 Å². The summed E-state index contributed by atoms with van der Waals surface area (Å²) < 4.78 is 0. The van der Waals surface area contributed by atoms with E-state index < -0.39 is 6.04 Å². The zero-order valence-electron chi connectivity index (χ0n) is 13.8. The number of benzene rings is 2. The molecule has 0 fully saturated rings. The Bertz CT molecular complexity index is 633. The summed E-state index contributed by atoms with van der Waals surface area (Å²) >= 11 is 0. The van der Waals surface area contributed by atoms with Crippen LogP contribution in [0.5, 0.6) is 0 Å². The van der Waals surface area contributed by atoms with Gasteiger partial charge in [0, 0.05) is 13.6 Å². The van der Waals surface area contributed by atoms with Gasteiger partial charge in [0.1, 0.15) is 0 Å². The van der Waals surface area contributed by atoms with Crippen molar-refractivity contribution in [3.63, 3.8) is 0 Å². The van der Waals surface area contributed by atoms with Gasteiger partial charge in [0.05, 0.1) is 6.04 Å². The zero-order chi connectivity index (χ0) is 16.1. The second kappa shape index (κ2) is 7.41. The molecule has 118 valence electrons. The maximum absolute atomic E-state index is 12.3. The summed E-state index contributed by atoms with van der Waals surface area (Å²) in [5.41, 5.74) is 7.31. The van der Waals surface area contributed by atoms with Crippen molar-refractivity contribution < 1.29 is 4.79 Å². The molecule has 0 aliphatic rings. The third-order valence-corrected chi connectivity index (χ3v) is 4.51. The Morgan fingerprint density at radius 1 is 1.18 bits per heavy atom. The van der Waals surface area contributed by atoms with Crippen LogP contribution < -0.4 is 5.73 Å². The molecule has 2 rings (SSSR count). The number of nitrogens with zero attached hydrogens (tertiary/aromatic N) is 1. The fraction of sp³-hybridized carbons (Fsp3) is 0.421. The Balaban J connectivity index is 2.04. The molecule has 2 N–H and O–H groups in total. The Morgan fingerprint density at radius 3 is 2.59 bits per heavy atom. The third kappa shape index (κ3) is 3.66. The SMILES string of the molecule is CCC(C)C(N)C(=O)N(C)CCc1cccc2ccccc12. The Hall–Kier alpha value is -1.87. The van der Waals surface area contributed by atoms with E-state index >= 15 is 0 Å². The number of likely N-dealkylation sites (N-methyl/N-ethyl adjacent to an activating group) is 1. The van der Waals surface area contributed by atoms with Crippen LogP contribution in [0.1, 0.15) is 25.8 Å². The number of hydrogen-bond donors (Lipinski definition) is 1. The topological polar surface area (TPSA) is 46.3 Å². The second-order valence-corrected chi connectivity index (χ2v) is 6.06. The van der Waals surface area contributed by atoms with Gasteiger partial charge in [-0.05, 0) is 28.7 Å². The molecule has 2 unspecified atom stereocenters. The highest BCUT2D eigenvalue weighted by Crippen LogP contribution is 2.19. The lowest BCUT2D eigenvalue weighted by Gasteiger charge is -2.24. The number of fused-ring (bicyclic) bond motifs is 1. The van der Waals surface area contributed by atoms with Crippen LogP contribution in [0.25, 0.3) is 10.8 Å². The van der Waals surface area contributed by atoms with E-state index in [-0.39, 0.29) is 11.8 Å². The highest BCUT2D eigenvalue weighted by Gasteiger charge is 2.22. The summed E-state index contributed by atoms with van der Waals surface area (Å²) in [5, 5.41) is 2.50. The fourth-order valence-electron chi connectivity index (χ4n) is 2.66. The number of rotatable bonds is 6. The van der Waals surface area contributed by atoms with Crippen molar-refractivity contribution in [3.8, 4) is 0 Å². The lowest BCUT2D eigenvalue weighted by atomic mass is 9.98. The van der Waals surface area contributed by atoms with Gasteiger partial charge in [-0.15, -0.1) is 0 Å². The maximum Gasteiger partial charge on any atom is 0.239 e. The molecule has 3 nitrogen and oxygen atoms in total. The summed E-state index contributed by atoms with van der Waals surface area (Å²) in [5.74, 6) is 0.252. The van der Waals surface area contributed by atoms with Crippen LogP contribution in [-0.2, 0) is 11.2 Å². The predicted molar refractivity (Wildman–Crippen MR) is 92.7 cm³/mol. The molecule has 0 aromatic heterocycles. The van der Waals surface area contributed by atoms with Crippen LogP contribution in [0.2, 0.25) is 0 Å². The zero-order valence-corrected chi connectivity index (χ0v) is 13.8. The molecule has 2 aromatic carbocycles. The van der Waals surface area contributed by atoms with Gasteiger partial charge in [-0.2, -0.15) is 0 Å². The number of hydrogen-bond acceptors (Lipinski definition) is 2.